The molecule has 1 saturated carbocycles. The highest BCUT2D eigenvalue weighted by Crippen LogP contribution is 2.46. The molecular weight excluding hydrogens is 494 g/mol. The van der Waals surface area contributed by atoms with Crippen molar-refractivity contribution in [1.82, 2.24) is 14.9 Å². The maximum Gasteiger partial charge on any atom is 0.245 e. The second-order valence-corrected chi connectivity index (χ2v) is 9.55. The SMILES string of the molecule is C=CC(=O)N1C[C@H]2C[C@@H](C1)[C@H]2COc1cc2c(Nc3ccc(Cl)c(Cl)c3F)ncnc2cc1OC. The maximum absolute atomic E-state index is 14.6. The molecule has 1 amide bonds. The van der Waals surface area contributed by atoms with Gasteiger partial charge in [-0.1, -0.05) is 29.8 Å². The second-order valence-electron chi connectivity index (χ2n) is 8.77. The lowest BCUT2D eigenvalue weighted by Crippen LogP contribution is -2.57. The Labute approximate surface area is 211 Å². The van der Waals surface area contributed by atoms with Crippen molar-refractivity contribution in [1.29, 1.82) is 0 Å². The van der Waals surface area contributed by atoms with Crippen LogP contribution < -0.4 is 14.8 Å². The van der Waals surface area contributed by atoms with Crippen molar-refractivity contribution in [2.45, 2.75) is 6.42 Å². The standard InChI is InChI=1S/C25H23Cl2FN4O3/c1-3-22(33)32-9-13-6-14(10-32)16(13)11-35-21-7-15-19(8-20(21)34-2)29-12-30-25(15)31-18-5-4-17(26)23(27)24(18)28/h3-5,7-8,12-14,16H,1,6,9-11H2,2H3,(H,29,30,31)/t13-,14+,16+. The lowest BCUT2D eigenvalue weighted by molar-refractivity contribution is -0.138. The van der Waals surface area contributed by atoms with Crippen LogP contribution in [-0.4, -0.2) is 47.6 Å². The van der Waals surface area contributed by atoms with Crippen LogP contribution >= 0.6 is 23.2 Å². The number of nitrogens with zero attached hydrogens (tertiary/aromatic N) is 3. The van der Waals surface area contributed by atoms with Crippen LogP contribution in [0.1, 0.15) is 6.42 Å². The van der Waals surface area contributed by atoms with E-state index in [9.17, 15) is 9.18 Å². The van der Waals surface area contributed by atoms with Crippen LogP contribution in [0, 0.1) is 23.6 Å². The Morgan fingerprint density at radius 3 is 2.74 bits per heavy atom. The topological polar surface area (TPSA) is 76.6 Å². The Bertz CT molecular complexity index is 1310. The predicted octanol–water partition coefficient (Wildman–Crippen LogP) is 5.49. The number of nitrogens with one attached hydrogen (secondary N) is 1. The first-order chi connectivity index (χ1) is 16.9. The Morgan fingerprint density at radius 1 is 1.26 bits per heavy atom. The third-order valence-corrected chi connectivity index (χ3v) is 7.63. The lowest BCUT2D eigenvalue weighted by atomic mass is 9.62. The highest BCUT2D eigenvalue weighted by atomic mass is 35.5. The average molecular weight is 517 g/mol. The molecule has 10 heteroatoms. The molecule has 182 valence electrons. The van der Waals surface area contributed by atoms with Gasteiger partial charge in [0.2, 0.25) is 5.91 Å². The van der Waals surface area contributed by atoms with Crippen LogP contribution in [0.2, 0.25) is 10.0 Å². The predicted molar refractivity (Wildman–Crippen MR) is 133 cm³/mol. The number of amides is 1. The zero-order valence-corrected chi connectivity index (χ0v) is 20.4. The van der Waals surface area contributed by atoms with Crippen LogP contribution in [0.15, 0.2) is 43.2 Å². The molecule has 6 rings (SSSR count). The number of hydrogen-bond donors (Lipinski definition) is 1. The number of carbonyl (C=O) groups is 1. The van der Waals surface area contributed by atoms with E-state index in [-0.39, 0.29) is 21.6 Å². The fourth-order valence-corrected chi connectivity index (χ4v) is 5.25. The van der Waals surface area contributed by atoms with Gasteiger partial charge in [-0.25, -0.2) is 14.4 Å². The van der Waals surface area contributed by atoms with Crippen LogP contribution in [0.4, 0.5) is 15.9 Å². The quantitative estimate of drug-likeness (QED) is 0.330. The van der Waals surface area contributed by atoms with Gasteiger partial charge in [0, 0.05) is 30.5 Å². The van der Waals surface area contributed by atoms with E-state index in [1.807, 2.05) is 4.90 Å². The molecule has 2 bridgehead atoms. The summed E-state index contributed by atoms with van der Waals surface area (Å²) in [6.07, 6.45) is 3.85. The molecule has 3 atom stereocenters. The number of rotatable bonds is 7. The fourth-order valence-electron chi connectivity index (χ4n) is 4.94. The number of benzene rings is 2. The first-order valence-electron chi connectivity index (χ1n) is 11.2. The van der Waals surface area contributed by atoms with E-state index in [1.165, 1.54) is 24.5 Å². The highest BCUT2D eigenvalue weighted by molar-refractivity contribution is 6.42. The number of piperidine rings is 2. The van der Waals surface area contributed by atoms with E-state index < -0.39 is 5.82 Å². The Balaban J connectivity index is 1.38. The Hall–Kier alpha value is -3.10. The number of carbonyl (C=O) groups excluding carboxylic acids is 1. The summed E-state index contributed by atoms with van der Waals surface area (Å²) < 4.78 is 26.4. The number of anilines is 2. The van der Waals surface area contributed by atoms with Crippen LogP contribution in [0.3, 0.4) is 0 Å². The summed E-state index contributed by atoms with van der Waals surface area (Å²) in [7, 11) is 1.57. The Morgan fingerprint density at radius 2 is 2.03 bits per heavy atom. The summed E-state index contributed by atoms with van der Waals surface area (Å²) in [5.74, 6) is 1.94. The number of fused-ring (bicyclic) bond motifs is 3. The van der Waals surface area contributed by atoms with Gasteiger partial charge in [-0.05, 0) is 42.5 Å². The van der Waals surface area contributed by atoms with Gasteiger partial charge in [-0.15, -0.1) is 0 Å². The summed E-state index contributed by atoms with van der Waals surface area (Å²) >= 11 is 11.9. The monoisotopic (exact) mass is 516 g/mol. The maximum atomic E-state index is 14.6. The zero-order chi connectivity index (χ0) is 24.7. The largest absolute Gasteiger partial charge is 0.493 e. The molecule has 0 unspecified atom stereocenters. The molecule has 3 heterocycles. The third-order valence-electron chi connectivity index (χ3n) is 6.85. The van der Waals surface area contributed by atoms with Crippen molar-refractivity contribution >= 4 is 51.5 Å². The summed E-state index contributed by atoms with van der Waals surface area (Å²) in [5, 5.41) is 3.57. The van der Waals surface area contributed by atoms with Gasteiger partial charge in [0.05, 0.1) is 35.0 Å². The Kier molecular flexibility index (Phi) is 6.42. The molecular formula is C25H23Cl2FN4O3. The van der Waals surface area contributed by atoms with Gasteiger partial charge >= 0.3 is 0 Å². The fraction of sp³-hybridized carbons (Fsp3) is 0.320. The van der Waals surface area contributed by atoms with E-state index in [0.717, 1.165) is 19.5 Å². The summed E-state index contributed by atoms with van der Waals surface area (Å²) in [5.41, 5.74) is 0.741. The normalized spacial score (nSPS) is 20.8. The van der Waals surface area contributed by atoms with E-state index >= 15 is 0 Å². The van der Waals surface area contributed by atoms with Crippen molar-refractivity contribution < 1.29 is 18.7 Å². The number of aromatic nitrogens is 2. The van der Waals surface area contributed by atoms with Crippen molar-refractivity contribution in [2.24, 2.45) is 17.8 Å². The summed E-state index contributed by atoms with van der Waals surface area (Å²) in [6, 6.07) is 6.55. The first kappa shape index (κ1) is 23.6. The average Bonchev–Trinajstić information content (AvgIpc) is 2.88. The molecule has 1 aliphatic carbocycles. The van der Waals surface area contributed by atoms with E-state index in [4.69, 9.17) is 32.7 Å². The molecule has 7 nitrogen and oxygen atoms in total. The van der Waals surface area contributed by atoms with E-state index in [1.54, 1.807) is 19.2 Å². The molecule has 0 spiro atoms. The van der Waals surface area contributed by atoms with Crippen LogP contribution in [0.25, 0.3) is 10.9 Å². The molecule has 2 aromatic carbocycles. The molecule has 2 aliphatic heterocycles. The minimum atomic E-state index is -0.670. The van der Waals surface area contributed by atoms with E-state index in [2.05, 4.69) is 21.9 Å². The number of methoxy groups -OCH3 is 1. The molecule has 3 aromatic rings. The van der Waals surface area contributed by atoms with Crippen molar-refractivity contribution in [3.8, 4) is 11.5 Å². The number of hydrogen-bond acceptors (Lipinski definition) is 6. The highest BCUT2D eigenvalue weighted by Gasteiger charge is 2.47. The molecule has 3 fully saturated rings. The number of halogens is 3. The van der Waals surface area contributed by atoms with Gasteiger partial charge in [0.15, 0.2) is 17.3 Å². The van der Waals surface area contributed by atoms with Gasteiger partial charge in [0.25, 0.3) is 0 Å². The van der Waals surface area contributed by atoms with Crippen LogP contribution in [-0.2, 0) is 4.79 Å². The van der Waals surface area contributed by atoms with Crippen molar-refractivity contribution in [2.75, 3.05) is 32.1 Å². The molecule has 3 aliphatic rings. The van der Waals surface area contributed by atoms with Gasteiger partial charge in [0.1, 0.15) is 12.1 Å². The molecule has 1 aromatic heterocycles. The smallest absolute Gasteiger partial charge is 0.245 e. The lowest BCUT2D eigenvalue weighted by Gasteiger charge is -2.53. The second kappa shape index (κ2) is 9.51. The van der Waals surface area contributed by atoms with Crippen LogP contribution in [0.5, 0.6) is 11.5 Å². The van der Waals surface area contributed by atoms with Crippen molar-refractivity contribution in [3.05, 3.63) is 59.1 Å². The summed E-state index contributed by atoms with van der Waals surface area (Å²) in [6.45, 7) is 5.53. The summed E-state index contributed by atoms with van der Waals surface area (Å²) in [4.78, 5) is 22.4. The first-order valence-corrected chi connectivity index (χ1v) is 11.9. The van der Waals surface area contributed by atoms with Gasteiger partial charge < -0.3 is 19.7 Å². The molecule has 35 heavy (non-hydrogen) atoms. The minimum Gasteiger partial charge on any atom is -0.493 e. The zero-order valence-electron chi connectivity index (χ0n) is 18.9. The minimum absolute atomic E-state index is 0.0197. The molecule has 1 N–H and O–H groups in total. The van der Waals surface area contributed by atoms with E-state index in [0.29, 0.717) is 52.6 Å². The third kappa shape index (κ3) is 4.36. The van der Waals surface area contributed by atoms with Gasteiger partial charge in [-0.2, -0.15) is 0 Å². The van der Waals surface area contributed by atoms with Gasteiger partial charge in [-0.3, -0.25) is 4.79 Å². The molecule has 0 radical (unpaired) electrons. The van der Waals surface area contributed by atoms with Crippen molar-refractivity contribution in [3.63, 3.8) is 0 Å². The number of ether oxygens (including phenoxy) is 2. The molecule has 2 saturated heterocycles.